The first-order chi connectivity index (χ1) is 19.5. The van der Waals surface area contributed by atoms with E-state index in [4.69, 9.17) is 16.5 Å². The summed E-state index contributed by atoms with van der Waals surface area (Å²) in [7, 11) is 0. The number of urea groups is 1. The fourth-order valence-corrected chi connectivity index (χ4v) is 4.23. The number of nitrogens with one attached hydrogen (secondary N) is 4. The number of pyridine rings is 3. The number of carbonyl (C=O) groups excluding carboxylic acids is 2. The van der Waals surface area contributed by atoms with Crippen molar-refractivity contribution >= 4 is 34.5 Å². The molecule has 0 aliphatic carbocycles. The quantitative estimate of drug-likeness (QED) is 0.166. The van der Waals surface area contributed by atoms with Gasteiger partial charge in [-0.2, -0.15) is 0 Å². The molecule has 12 heteroatoms. The summed E-state index contributed by atoms with van der Waals surface area (Å²) >= 11 is 0. The third kappa shape index (κ3) is 6.42. The van der Waals surface area contributed by atoms with Crippen molar-refractivity contribution in [3.05, 3.63) is 82.3 Å². The molecule has 0 unspecified atom stereocenters. The molecular weight excluding hydrogens is 510 g/mol. The van der Waals surface area contributed by atoms with Gasteiger partial charge in [-0.05, 0) is 42.8 Å². The van der Waals surface area contributed by atoms with E-state index in [1.807, 2.05) is 31.2 Å². The van der Waals surface area contributed by atoms with Crippen molar-refractivity contribution in [2.45, 2.75) is 20.0 Å². The van der Waals surface area contributed by atoms with Gasteiger partial charge in [0.2, 0.25) is 5.43 Å². The zero-order valence-electron chi connectivity index (χ0n) is 22.2. The number of anilines is 2. The number of nitrogens with two attached hydrogens (primary N) is 2. The van der Waals surface area contributed by atoms with Crippen LogP contribution in [-0.4, -0.2) is 52.7 Å². The molecule has 0 saturated carbocycles. The molecule has 0 radical (unpaired) electrons. The number of hydrogen-bond acceptors (Lipinski definition) is 8. The van der Waals surface area contributed by atoms with Crippen LogP contribution in [0.25, 0.3) is 22.3 Å². The third-order valence-electron chi connectivity index (χ3n) is 6.13. The molecule has 0 aliphatic heterocycles. The molecule has 0 atom stereocenters. The van der Waals surface area contributed by atoms with E-state index in [-0.39, 0.29) is 24.7 Å². The number of benzene rings is 1. The minimum Gasteiger partial charge on any atom is -0.369 e. The van der Waals surface area contributed by atoms with E-state index in [9.17, 15) is 14.4 Å². The molecule has 1 aromatic carbocycles. The van der Waals surface area contributed by atoms with Crippen molar-refractivity contribution in [3.8, 4) is 11.3 Å². The van der Waals surface area contributed by atoms with E-state index in [0.29, 0.717) is 54.4 Å². The number of hydrogen-bond donors (Lipinski definition) is 6. The Kier molecular flexibility index (Phi) is 9.39. The Hall–Kier alpha value is -4.81. The average molecular weight is 544 g/mol. The van der Waals surface area contributed by atoms with Crippen molar-refractivity contribution in [2.24, 2.45) is 11.5 Å². The summed E-state index contributed by atoms with van der Waals surface area (Å²) in [6, 6.07) is 14.0. The minimum absolute atomic E-state index is 0.00281. The second-order valence-electron chi connectivity index (χ2n) is 8.87. The topological polar surface area (TPSA) is 182 Å². The Labute approximate surface area is 231 Å². The molecule has 3 heterocycles. The summed E-state index contributed by atoms with van der Waals surface area (Å²) in [4.78, 5) is 47.5. The lowest BCUT2D eigenvalue weighted by molar-refractivity contribution is 0.0954. The standard InChI is InChI=1S/C28H33N9O3/c1-2-37-25-21(24(38)23(26(37)32-14-11-29)27(39)33-15-12-30)9-10-22(36-25)19-5-7-20(8-6-19)35-28(40)34-17-18-4-3-13-31-16-18/h3-10,13,16,32H,2,11-12,14-15,17,29-30H2,1H3,(H,33,39)(H2,34,35,40). The lowest BCUT2D eigenvalue weighted by Gasteiger charge is -2.20. The molecule has 0 aliphatic rings. The third-order valence-corrected chi connectivity index (χ3v) is 6.13. The Morgan fingerprint density at radius 2 is 1.75 bits per heavy atom. The van der Waals surface area contributed by atoms with Crippen LogP contribution in [0.5, 0.6) is 0 Å². The first-order valence-electron chi connectivity index (χ1n) is 13.0. The van der Waals surface area contributed by atoms with E-state index in [0.717, 1.165) is 11.1 Å². The second-order valence-corrected chi connectivity index (χ2v) is 8.87. The summed E-state index contributed by atoms with van der Waals surface area (Å²) in [6.45, 7) is 3.90. The van der Waals surface area contributed by atoms with Gasteiger partial charge in [-0.15, -0.1) is 0 Å². The van der Waals surface area contributed by atoms with Crippen LogP contribution in [0.15, 0.2) is 65.7 Å². The van der Waals surface area contributed by atoms with Crippen LogP contribution in [0, 0.1) is 0 Å². The molecule has 12 nitrogen and oxygen atoms in total. The zero-order chi connectivity index (χ0) is 28.5. The van der Waals surface area contributed by atoms with Crippen LogP contribution in [0.1, 0.15) is 22.8 Å². The highest BCUT2D eigenvalue weighted by Gasteiger charge is 2.23. The SMILES string of the molecule is CCn1c(NCCN)c(C(=O)NCCN)c(=O)c2ccc(-c3ccc(NC(=O)NCc4cccnc4)cc3)nc21. The van der Waals surface area contributed by atoms with Gasteiger partial charge in [-0.3, -0.25) is 14.6 Å². The molecule has 0 spiro atoms. The van der Waals surface area contributed by atoms with E-state index in [2.05, 4.69) is 26.3 Å². The van der Waals surface area contributed by atoms with Gasteiger partial charge in [0.1, 0.15) is 17.0 Å². The number of nitrogens with zero attached hydrogens (tertiary/aromatic N) is 3. The predicted molar refractivity (Wildman–Crippen MR) is 156 cm³/mol. The number of aryl methyl sites for hydroxylation is 1. The van der Waals surface area contributed by atoms with Gasteiger partial charge in [0.05, 0.1) is 11.1 Å². The molecule has 0 bridgehead atoms. The van der Waals surface area contributed by atoms with Gasteiger partial charge in [0.15, 0.2) is 0 Å². The molecule has 8 N–H and O–H groups in total. The van der Waals surface area contributed by atoms with Crippen LogP contribution in [0.2, 0.25) is 0 Å². The van der Waals surface area contributed by atoms with E-state index in [1.165, 1.54) is 0 Å². The maximum atomic E-state index is 13.5. The van der Waals surface area contributed by atoms with Gasteiger partial charge in [-0.25, -0.2) is 9.78 Å². The van der Waals surface area contributed by atoms with Crippen molar-refractivity contribution in [1.29, 1.82) is 0 Å². The Morgan fingerprint density at radius 3 is 2.42 bits per heavy atom. The summed E-state index contributed by atoms with van der Waals surface area (Å²) in [5.74, 6) is -0.142. The van der Waals surface area contributed by atoms with Crippen molar-refractivity contribution in [2.75, 3.05) is 36.8 Å². The minimum atomic E-state index is -0.504. The summed E-state index contributed by atoms with van der Waals surface area (Å²) in [6.07, 6.45) is 3.37. The molecule has 4 aromatic rings. The van der Waals surface area contributed by atoms with E-state index < -0.39 is 11.3 Å². The van der Waals surface area contributed by atoms with E-state index >= 15 is 0 Å². The fraction of sp³-hybridized carbons (Fsp3) is 0.250. The van der Waals surface area contributed by atoms with Gasteiger partial charge in [0.25, 0.3) is 5.91 Å². The van der Waals surface area contributed by atoms with E-state index in [1.54, 1.807) is 41.2 Å². The Balaban J connectivity index is 1.62. The second kappa shape index (κ2) is 13.3. The number of rotatable bonds is 11. The van der Waals surface area contributed by atoms with Crippen LogP contribution < -0.4 is 38.2 Å². The van der Waals surface area contributed by atoms with Gasteiger partial charge >= 0.3 is 6.03 Å². The number of carbonyl (C=O) groups is 2. The number of amides is 3. The lowest BCUT2D eigenvalue weighted by atomic mass is 10.1. The molecule has 208 valence electrons. The number of fused-ring (bicyclic) bond motifs is 1. The molecule has 0 saturated heterocycles. The van der Waals surface area contributed by atoms with Crippen LogP contribution >= 0.6 is 0 Å². The van der Waals surface area contributed by atoms with Gasteiger partial charge in [0, 0.05) is 62.9 Å². The van der Waals surface area contributed by atoms with Crippen molar-refractivity contribution < 1.29 is 9.59 Å². The summed E-state index contributed by atoms with van der Waals surface area (Å²) < 4.78 is 1.80. The first kappa shape index (κ1) is 28.2. The maximum absolute atomic E-state index is 13.5. The highest BCUT2D eigenvalue weighted by molar-refractivity contribution is 6.02. The molecular formula is C28H33N9O3. The van der Waals surface area contributed by atoms with Crippen molar-refractivity contribution in [1.82, 2.24) is 25.2 Å². The summed E-state index contributed by atoms with van der Waals surface area (Å²) in [5, 5.41) is 11.7. The average Bonchev–Trinajstić information content (AvgIpc) is 2.98. The lowest BCUT2D eigenvalue weighted by Crippen LogP contribution is -2.35. The highest BCUT2D eigenvalue weighted by atomic mass is 16.2. The maximum Gasteiger partial charge on any atom is 0.319 e. The zero-order valence-corrected chi connectivity index (χ0v) is 22.2. The smallest absolute Gasteiger partial charge is 0.319 e. The van der Waals surface area contributed by atoms with Gasteiger partial charge < -0.3 is 37.3 Å². The molecule has 4 rings (SSSR count). The molecule has 0 fully saturated rings. The number of aromatic nitrogens is 3. The fourth-order valence-electron chi connectivity index (χ4n) is 4.23. The van der Waals surface area contributed by atoms with Crippen LogP contribution in [0.4, 0.5) is 16.3 Å². The van der Waals surface area contributed by atoms with Crippen LogP contribution in [0.3, 0.4) is 0 Å². The predicted octanol–water partition coefficient (Wildman–Crippen LogP) is 1.86. The van der Waals surface area contributed by atoms with Crippen LogP contribution in [-0.2, 0) is 13.1 Å². The highest BCUT2D eigenvalue weighted by Crippen LogP contribution is 2.25. The largest absolute Gasteiger partial charge is 0.369 e. The normalized spacial score (nSPS) is 10.8. The molecule has 3 aromatic heterocycles. The molecule has 3 amide bonds. The monoisotopic (exact) mass is 543 g/mol. The summed E-state index contributed by atoms with van der Waals surface area (Å²) in [5.41, 5.74) is 14.2. The first-order valence-corrected chi connectivity index (χ1v) is 13.0. The Morgan fingerprint density at radius 1 is 0.975 bits per heavy atom. The molecule has 40 heavy (non-hydrogen) atoms. The van der Waals surface area contributed by atoms with Crippen molar-refractivity contribution in [3.63, 3.8) is 0 Å². The van der Waals surface area contributed by atoms with Gasteiger partial charge in [-0.1, -0.05) is 18.2 Å². The Bertz CT molecular complexity index is 1540.